The molecule has 52 valence electrons. The van der Waals surface area contributed by atoms with Crippen LogP contribution >= 0.6 is 0 Å². The molecule has 0 radical (unpaired) electrons. The average Bonchev–Trinajstić information content (AvgIpc) is 2.41. The van der Waals surface area contributed by atoms with Gasteiger partial charge in [-0.3, -0.25) is 0 Å². The third-order valence-electron chi connectivity index (χ3n) is 2.16. The Hall–Kier alpha value is -0.120. The summed E-state index contributed by atoms with van der Waals surface area (Å²) in [5, 5.41) is 0. The van der Waals surface area contributed by atoms with Crippen LogP contribution in [0.15, 0.2) is 0 Å². The Morgan fingerprint density at radius 3 is 2.67 bits per heavy atom. The van der Waals surface area contributed by atoms with Gasteiger partial charge in [-0.1, -0.05) is 0 Å². The topological polar surface area (TPSA) is 64.6 Å². The predicted octanol–water partition coefficient (Wildman–Crippen LogP) is -0.449. The minimum absolute atomic E-state index is 0.397. The van der Waals surface area contributed by atoms with Gasteiger partial charge < -0.3 is 16.2 Å². The Labute approximate surface area is 54.3 Å². The second-order valence-electron chi connectivity index (χ2n) is 3.19. The zero-order chi connectivity index (χ0) is 6.48. The van der Waals surface area contributed by atoms with Crippen molar-refractivity contribution in [1.29, 1.82) is 0 Å². The zero-order valence-corrected chi connectivity index (χ0v) is 5.34. The number of fused-ring (bicyclic) bond motifs is 1. The maximum atomic E-state index is 5.69. The highest BCUT2D eigenvalue weighted by Gasteiger charge is 2.47. The fourth-order valence-corrected chi connectivity index (χ4v) is 1.50. The summed E-state index contributed by atoms with van der Waals surface area (Å²) in [5.74, 6) is 0. The fraction of sp³-hybridized carbons (Fsp3) is 1.00. The lowest BCUT2D eigenvalue weighted by Crippen LogP contribution is -2.52. The van der Waals surface area contributed by atoms with Crippen molar-refractivity contribution < 1.29 is 4.74 Å². The first-order valence-corrected chi connectivity index (χ1v) is 3.41. The molecule has 1 aliphatic carbocycles. The van der Waals surface area contributed by atoms with E-state index in [0.29, 0.717) is 12.2 Å². The van der Waals surface area contributed by atoms with Gasteiger partial charge >= 0.3 is 0 Å². The van der Waals surface area contributed by atoms with Crippen LogP contribution in [0.5, 0.6) is 0 Å². The van der Waals surface area contributed by atoms with Gasteiger partial charge in [-0.15, -0.1) is 0 Å². The van der Waals surface area contributed by atoms with Crippen molar-refractivity contribution in [3.63, 3.8) is 0 Å². The molecule has 0 aromatic carbocycles. The van der Waals surface area contributed by atoms with Crippen molar-refractivity contribution in [1.82, 2.24) is 0 Å². The molecule has 1 saturated carbocycles. The van der Waals surface area contributed by atoms with Crippen molar-refractivity contribution in [2.45, 2.75) is 37.1 Å². The Bertz CT molecular complexity index is 135. The third kappa shape index (κ3) is 0.956. The molecule has 2 fully saturated rings. The average molecular weight is 128 g/mol. The first-order chi connectivity index (χ1) is 4.17. The van der Waals surface area contributed by atoms with Crippen LogP contribution in [0.1, 0.15) is 19.3 Å². The molecule has 9 heavy (non-hydrogen) atoms. The van der Waals surface area contributed by atoms with Crippen LogP contribution in [0, 0.1) is 0 Å². The largest absolute Gasteiger partial charge is 0.369 e. The van der Waals surface area contributed by atoms with Gasteiger partial charge in [-0.05, 0) is 12.8 Å². The van der Waals surface area contributed by atoms with Gasteiger partial charge in [0, 0.05) is 6.42 Å². The molecule has 1 aliphatic heterocycles. The summed E-state index contributed by atoms with van der Waals surface area (Å²) in [6.07, 6.45) is 3.71. The van der Waals surface area contributed by atoms with Gasteiger partial charge in [-0.2, -0.15) is 0 Å². The molecular weight excluding hydrogens is 116 g/mol. The number of epoxide rings is 1. The van der Waals surface area contributed by atoms with Gasteiger partial charge in [0.1, 0.15) is 0 Å². The van der Waals surface area contributed by atoms with Crippen LogP contribution in [-0.4, -0.2) is 17.9 Å². The summed E-state index contributed by atoms with van der Waals surface area (Å²) in [6.45, 7) is 0. The number of ether oxygens (including phenoxy) is 1. The van der Waals surface area contributed by atoms with Crippen molar-refractivity contribution in [2.75, 3.05) is 0 Å². The van der Waals surface area contributed by atoms with Crippen LogP contribution in [0.4, 0.5) is 0 Å². The Kier molecular flexibility index (Phi) is 0.928. The highest BCUT2D eigenvalue weighted by molar-refractivity contribution is 4.98. The lowest BCUT2D eigenvalue weighted by Gasteiger charge is -2.25. The SMILES string of the molecule is NC1(N)CCC2OC2C1. The molecule has 0 amide bonds. The molecule has 0 bridgehead atoms. The second kappa shape index (κ2) is 1.48. The van der Waals surface area contributed by atoms with E-state index in [1.807, 2.05) is 0 Å². The predicted molar refractivity (Wildman–Crippen MR) is 33.6 cm³/mol. The van der Waals surface area contributed by atoms with Gasteiger partial charge in [0.2, 0.25) is 0 Å². The number of nitrogens with two attached hydrogens (primary N) is 2. The first-order valence-electron chi connectivity index (χ1n) is 3.41. The van der Waals surface area contributed by atoms with Crippen LogP contribution in [-0.2, 0) is 4.74 Å². The minimum Gasteiger partial charge on any atom is -0.369 e. The molecule has 0 aromatic rings. The van der Waals surface area contributed by atoms with Crippen LogP contribution < -0.4 is 11.5 Å². The molecule has 2 atom stereocenters. The molecule has 3 heteroatoms. The van der Waals surface area contributed by atoms with E-state index < -0.39 is 5.66 Å². The lowest BCUT2D eigenvalue weighted by molar-refractivity contribution is 0.325. The van der Waals surface area contributed by atoms with Crippen LogP contribution in [0.2, 0.25) is 0 Å². The van der Waals surface area contributed by atoms with Gasteiger partial charge in [-0.25, -0.2) is 0 Å². The van der Waals surface area contributed by atoms with Crippen LogP contribution in [0.3, 0.4) is 0 Å². The van der Waals surface area contributed by atoms with E-state index in [0.717, 1.165) is 19.3 Å². The monoisotopic (exact) mass is 128 g/mol. The summed E-state index contributed by atoms with van der Waals surface area (Å²) < 4.78 is 5.25. The maximum absolute atomic E-state index is 5.69. The Morgan fingerprint density at radius 2 is 2.11 bits per heavy atom. The molecule has 2 aliphatic rings. The van der Waals surface area contributed by atoms with Gasteiger partial charge in [0.05, 0.1) is 17.9 Å². The Morgan fingerprint density at radius 1 is 1.33 bits per heavy atom. The smallest absolute Gasteiger partial charge is 0.0872 e. The van der Waals surface area contributed by atoms with E-state index in [1.54, 1.807) is 0 Å². The van der Waals surface area contributed by atoms with Crippen molar-refractivity contribution >= 4 is 0 Å². The molecule has 2 unspecified atom stereocenters. The van der Waals surface area contributed by atoms with Crippen molar-refractivity contribution in [2.24, 2.45) is 11.5 Å². The highest BCUT2D eigenvalue weighted by Crippen LogP contribution is 2.38. The summed E-state index contributed by atoms with van der Waals surface area (Å²) in [5.41, 5.74) is 11.0. The van der Waals surface area contributed by atoms with Crippen LogP contribution in [0.25, 0.3) is 0 Å². The zero-order valence-electron chi connectivity index (χ0n) is 5.34. The second-order valence-corrected chi connectivity index (χ2v) is 3.19. The number of hydrogen-bond donors (Lipinski definition) is 2. The molecular formula is C6H12N2O. The first kappa shape index (κ1) is 5.65. The quantitative estimate of drug-likeness (QED) is 0.343. The standard InChI is InChI=1S/C6H12N2O/c7-6(8)2-1-4-5(3-6)9-4/h4-5H,1-3,7-8H2. The third-order valence-corrected chi connectivity index (χ3v) is 2.16. The van der Waals surface area contributed by atoms with E-state index in [2.05, 4.69) is 0 Å². The molecule has 3 nitrogen and oxygen atoms in total. The number of hydrogen-bond acceptors (Lipinski definition) is 3. The summed E-state index contributed by atoms with van der Waals surface area (Å²) in [7, 11) is 0. The molecule has 1 heterocycles. The molecule has 1 saturated heterocycles. The molecule has 4 N–H and O–H groups in total. The molecule has 2 rings (SSSR count). The van der Waals surface area contributed by atoms with E-state index >= 15 is 0 Å². The van der Waals surface area contributed by atoms with E-state index in [4.69, 9.17) is 16.2 Å². The highest BCUT2D eigenvalue weighted by atomic mass is 16.6. The molecule has 0 aromatic heterocycles. The lowest BCUT2D eigenvalue weighted by atomic mass is 9.91. The summed E-state index contributed by atoms with van der Waals surface area (Å²) in [4.78, 5) is 0. The van der Waals surface area contributed by atoms with Gasteiger partial charge in [0.25, 0.3) is 0 Å². The van der Waals surface area contributed by atoms with E-state index in [1.165, 1.54) is 0 Å². The summed E-state index contributed by atoms with van der Waals surface area (Å²) >= 11 is 0. The van der Waals surface area contributed by atoms with E-state index in [9.17, 15) is 0 Å². The number of rotatable bonds is 0. The van der Waals surface area contributed by atoms with Gasteiger partial charge in [0.15, 0.2) is 0 Å². The normalized spacial score (nSPS) is 46.0. The van der Waals surface area contributed by atoms with Crippen molar-refractivity contribution in [3.05, 3.63) is 0 Å². The van der Waals surface area contributed by atoms with Crippen molar-refractivity contribution in [3.8, 4) is 0 Å². The fourth-order valence-electron chi connectivity index (χ4n) is 1.50. The maximum Gasteiger partial charge on any atom is 0.0872 e. The molecule has 0 spiro atoms. The Balaban J connectivity index is 2.01. The van der Waals surface area contributed by atoms with E-state index in [-0.39, 0.29) is 0 Å². The minimum atomic E-state index is -0.433. The summed E-state index contributed by atoms with van der Waals surface area (Å²) in [6, 6.07) is 0.